The summed E-state index contributed by atoms with van der Waals surface area (Å²) in [6.45, 7) is 1.71. The van der Waals surface area contributed by atoms with E-state index in [0.717, 1.165) is 30.1 Å². The molecule has 0 aromatic heterocycles. The average Bonchev–Trinajstić information content (AvgIpc) is 2.48. The molecule has 20 heavy (non-hydrogen) atoms. The van der Waals surface area contributed by atoms with Crippen LogP contribution in [0.2, 0.25) is 5.02 Å². The summed E-state index contributed by atoms with van der Waals surface area (Å²) in [7, 11) is 2.06. The van der Waals surface area contributed by atoms with Gasteiger partial charge in [0.2, 0.25) is 0 Å². The molecule has 0 heterocycles. The van der Waals surface area contributed by atoms with Crippen molar-refractivity contribution in [1.82, 2.24) is 4.90 Å². The molecule has 2 nitrogen and oxygen atoms in total. The molecule has 0 fully saturated rings. The van der Waals surface area contributed by atoms with Gasteiger partial charge in [-0.3, -0.25) is 0 Å². The first-order chi connectivity index (χ1) is 9.65. The summed E-state index contributed by atoms with van der Waals surface area (Å²) < 4.78 is 0. The second-order valence-corrected chi connectivity index (χ2v) is 5.52. The summed E-state index contributed by atoms with van der Waals surface area (Å²) in [6.07, 6.45) is 0.331. The molecule has 2 aromatic carbocycles. The van der Waals surface area contributed by atoms with Gasteiger partial charge in [0.15, 0.2) is 0 Å². The summed E-state index contributed by atoms with van der Waals surface area (Å²) in [5, 5.41) is 10.9. The number of hydrogen-bond donors (Lipinski definition) is 1. The second kappa shape index (κ2) is 7.44. The van der Waals surface area contributed by atoms with Crippen molar-refractivity contribution in [2.75, 3.05) is 13.6 Å². The Morgan fingerprint density at radius 2 is 1.70 bits per heavy atom. The summed E-state index contributed by atoms with van der Waals surface area (Å²) >= 11 is 5.87. The van der Waals surface area contributed by atoms with Crippen molar-refractivity contribution in [2.24, 2.45) is 0 Å². The minimum atomic E-state index is -0.399. The van der Waals surface area contributed by atoms with E-state index in [-0.39, 0.29) is 0 Å². The minimum Gasteiger partial charge on any atom is -0.388 e. The molecule has 1 N–H and O–H groups in total. The van der Waals surface area contributed by atoms with Crippen LogP contribution in [0.15, 0.2) is 54.6 Å². The Balaban J connectivity index is 1.80. The van der Waals surface area contributed by atoms with Crippen molar-refractivity contribution in [2.45, 2.75) is 19.1 Å². The summed E-state index contributed by atoms with van der Waals surface area (Å²) in [6, 6.07) is 17.7. The normalized spacial score (nSPS) is 12.6. The van der Waals surface area contributed by atoms with E-state index in [4.69, 9.17) is 11.6 Å². The standard InChI is InChI=1S/C17H20ClNO/c1-19(13-14-7-9-16(18)10-8-14)12-11-17(20)15-5-3-2-4-6-15/h2-10,17,20H,11-13H2,1H3. The molecule has 1 atom stereocenters. The molecule has 0 bridgehead atoms. The number of hydrogen-bond acceptors (Lipinski definition) is 2. The van der Waals surface area contributed by atoms with Gasteiger partial charge in [0, 0.05) is 18.1 Å². The number of nitrogens with zero attached hydrogens (tertiary/aromatic N) is 1. The van der Waals surface area contributed by atoms with Crippen LogP contribution >= 0.6 is 11.6 Å². The van der Waals surface area contributed by atoms with Crippen LogP contribution < -0.4 is 0 Å². The Labute approximate surface area is 125 Å². The number of aliphatic hydroxyl groups is 1. The third-order valence-corrected chi connectivity index (χ3v) is 3.59. The first-order valence-electron chi connectivity index (χ1n) is 6.81. The van der Waals surface area contributed by atoms with Crippen LogP contribution in [-0.4, -0.2) is 23.6 Å². The zero-order chi connectivity index (χ0) is 14.4. The molecule has 2 aromatic rings. The Bertz CT molecular complexity index is 512. The van der Waals surface area contributed by atoms with Gasteiger partial charge in [-0.25, -0.2) is 0 Å². The molecule has 106 valence electrons. The predicted octanol–water partition coefficient (Wildman–Crippen LogP) is 3.90. The number of rotatable bonds is 6. The Morgan fingerprint density at radius 1 is 1.05 bits per heavy atom. The Morgan fingerprint density at radius 3 is 2.35 bits per heavy atom. The van der Waals surface area contributed by atoms with Crippen LogP contribution in [0.25, 0.3) is 0 Å². The highest BCUT2D eigenvalue weighted by Crippen LogP contribution is 2.17. The molecule has 0 saturated heterocycles. The first kappa shape index (κ1) is 15.0. The summed E-state index contributed by atoms with van der Waals surface area (Å²) in [4.78, 5) is 2.20. The van der Waals surface area contributed by atoms with E-state index in [1.807, 2.05) is 54.6 Å². The zero-order valence-corrected chi connectivity index (χ0v) is 12.4. The highest BCUT2D eigenvalue weighted by Gasteiger charge is 2.08. The quantitative estimate of drug-likeness (QED) is 0.872. The van der Waals surface area contributed by atoms with Crippen molar-refractivity contribution in [3.05, 3.63) is 70.7 Å². The van der Waals surface area contributed by atoms with Crippen LogP contribution in [0.1, 0.15) is 23.7 Å². The van der Waals surface area contributed by atoms with Crippen molar-refractivity contribution >= 4 is 11.6 Å². The zero-order valence-electron chi connectivity index (χ0n) is 11.7. The molecule has 2 rings (SSSR count). The molecule has 0 saturated carbocycles. The van der Waals surface area contributed by atoms with E-state index in [2.05, 4.69) is 11.9 Å². The fraction of sp³-hybridized carbons (Fsp3) is 0.294. The largest absolute Gasteiger partial charge is 0.388 e. The van der Waals surface area contributed by atoms with E-state index in [9.17, 15) is 5.11 Å². The van der Waals surface area contributed by atoms with Crippen LogP contribution in [0, 0.1) is 0 Å². The molecule has 1 unspecified atom stereocenters. The van der Waals surface area contributed by atoms with Gasteiger partial charge >= 0.3 is 0 Å². The smallest absolute Gasteiger partial charge is 0.0802 e. The number of benzene rings is 2. The first-order valence-corrected chi connectivity index (χ1v) is 7.19. The number of aliphatic hydroxyl groups excluding tert-OH is 1. The lowest BCUT2D eigenvalue weighted by Crippen LogP contribution is -2.20. The van der Waals surface area contributed by atoms with Gasteiger partial charge in [-0.1, -0.05) is 54.1 Å². The van der Waals surface area contributed by atoms with Gasteiger partial charge in [0.05, 0.1) is 6.10 Å². The van der Waals surface area contributed by atoms with Gasteiger partial charge in [-0.2, -0.15) is 0 Å². The minimum absolute atomic E-state index is 0.399. The van der Waals surface area contributed by atoms with E-state index in [1.165, 1.54) is 5.56 Å². The topological polar surface area (TPSA) is 23.5 Å². The van der Waals surface area contributed by atoms with E-state index < -0.39 is 6.10 Å². The number of halogens is 1. The van der Waals surface area contributed by atoms with Gasteiger partial charge in [-0.05, 0) is 36.7 Å². The average molecular weight is 290 g/mol. The molecule has 0 radical (unpaired) electrons. The van der Waals surface area contributed by atoms with E-state index in [0.29, 0.717) is 0 Å². The fourth-order valence-corrected chi connectivity index (χ4v) is 2.29. The van der Waals surface area contributed by atoms with Crippen molar-refractivity contribution in [3.8, 4) is 0 Å². The Kier molecular flexibility index (Phi) is 5.60. The van der Waals surface area contributed by atoms with Gasteiger partial charge in [0.1, 0.15) is 0 Å². The summed E-state index contributed by atoms with van der Waals surface area (Å²) in [5.74, 6) is 0. The molecule has 3 heteroatoms. The van der Waals surface area contributed by atoms with Crippen LogP contribution in [-0.2, 0) is 6.54 Å². The maximum absolute atomic E-state index is 10.1. The van der Waals surface area contributed by atoms with Crippen molar-refractivity contribution < 1.29 is 5.11 Å². The van der Waals surface area contributed by atoms with Gasteiger partial charge in [-0.15, -0.1) is 0 Å². The molecular formula is C17H20ClNO. The maximum Gasteiger partial charge on any atom is 0.0802 e. The Hall–Kier alpha value is -1.35. The SMILES string of the molecule is CN(CCC(O)c1ccccc1)Cc1ccc(Cl)cc1. The van der Waals surface area contributed by atoms with Crippen LogP contribution in [0.3, 0.4) is 0 Å². The van der Waals surface area contributed by atoms with E-state index in [1.54, 1.807) is 0 Å². The molecule has 0 aliphatic carbocycles. The van der Waals surface area contributed by atoms with Crippen molar-refractivity contribution in [3.63, 3.8) is 0 Å². The molecule has 0 spiro atoms. The monoisotopic (exact) mass is 289 g/mol. The van der Waals surface area contributed by atoms with Gasteiger partial charge < -0.3 is 10.0 Å². The third kappa shape index (κ3) is 4.64. The highest BCUT2D eigenvalue weighted by atomic mass is 35.5. The predicted molar refractivity (Wildman–Crippen MR) is 83.8 cm³/mol. The van der Waals surface area contributed by atoms with Crippen molar-refractivity contribution in [1.29, 1.82) is 0 Å². The second-order valence-electron chi connectivity index (χ2n) is 5.08. The summed E-state index contributed by atoms with van der Waals surface area (Å²) in [5.41, 5.74) is 2.21. The molecular weight excluding hydrogens is 270 g/mol. The fourth-order valence-electron chi connectivity index (χ4n) is 2.17. The lowest BCUT2D eigenvalue weighted by atomic mass is 10.1. The third-order valence-electron chi connectivity index (χ3n) is 3.33. The van der Waals surface area contributed by atoms with E-state index >= 15 is 0 Å². The molecule has 0 amide bonds. The lowest BCUT2D eigenvalue weighted by Gasteiger charge is -2.19. The van der Waals surface area contributed by atoms with Gasteiger partial charge in [0.25, 0.3) is 0 Å². The highest BCUT2D eigenvalue weighted by molar-refractivity contribution is 6.30. The van der Waals surface area contributed by atoms with Crippen LogP contribution in [0.5, 0.6) is 0 Å². The maximum atomic E-state index is 10.1. The lowest BCUT2D eigenvalue weighted by molar-refractivity contribution is 0.147. The molecule has 0 aliphatic heterocycles. The molecule has 0 aliphatic rings. The van der Waals surface area contributed by atoms with Crippen LogP contribution in [0.4, 0.5) is 0 Å².